The highest BCUT2D eigenvalue weighted by molar-refractivity contribution is 5.99. The van der Waals surface area contributed by atoms with Gasteiger partial charge in [0.2, 0.25) is 0 Å². The smallest absolute Gasteiger partial charge is 0.343 e. The lowest BCUT2D eigenvalue weighted by molar-refractivity contribution is 0.0698. The zero-order valence-electron chi connectivity index (χ0n) is 15.2. The SMILES string of the molecule is CN(CC1CCN(C)C1(C)C)c1noc(-c2ccccc2)c1C(=O)O. The van der Waals surface area contributed by atoms with E-state index in [9.17, 15) is 9.90 Å². The van der Waals surface area contributed by atoms with Gasteiger partial charge in [0.25, 0.3) is 0 Å². The predicted octanol–water partition coefficient (Wildman–Crippen LogP) is 3.21. The van der Waals surface area contributed by atoms with Gasteiger partial charge in [-0.05, 0) is 39.8 Å². The maximum atomic E-state index is 11.9. The van der Waals surface area contributed by atoms with Crippen LogP contribution in [0.1, 0.15) is 30.6 Å². The van der Waals surface area contributed by atoms with Crippen molar-refractivity contribution in [2.24, 2.45) is 5.92 Å². The molecule has 6 heteroatoms. The highest BCUT2D eigenvalue weighted by Gasteiger charge is 2.40. The van der Waals surface area contributed by atoms with Crippen LogP contribution < -0.4 is 4.90 Å². The zero-order valence-corrected chi connectivity index (χ0v) is 15.2. The summed E-state index contributed by atoms with van der Waals surface area (Å²) in [4.78, 5) is 16.1. The molecule has 0 aliphatic carbocycles. The van der Waals surface area contributed by atoms with Crippen LogP contribution in [0.4, 0.5) is 5.82 Å². The molecule has 1 aliphatic heterocycles. The molecule has 6 nitrogen and oxygen atoms in total. The molecule has 0 saturated carbocycles. The Bertz CT molecular complexity index is 755. The number of carboxylic acid groups (broad SMARTS) is 1. The second-order valence-electron chi connectivity index (χ2n) is 7.32. The first-order valence-corrected chi connectivity index (χ1v) is 8.53. The monoisotopic (exact) mass is 343 g/mol. The van der Waals surface area contributed by atoms with E-state index < -0.39 is 5.97 Å². The molecule has 1 fully saturated rings. The van der Waals surface area contributed by atoms with Gasteiger partial charge in [-0.15, -0.1) is 0 Å². The minimum absolute atomic E-state index is 0.0731. The molecule has 134 valence electrons. The van der Waals surface area contributed by atoms with Crippen molar-refractivity contribution in [3.8, 4) is 11.3 Å². The fourth-order valence-corrected chi connectivity index (χ4v) is 3.56. The van der Waals surface area contributed by atoms with Gasteiger partial charge in [-0.3, -0.25) is 0 Å². The first-order valence-electron chi connectivity index (χ1n) is 8.53. The number of likely N-dealkylation sites (tertiary alicyclic amines) is 1. The first-order chi connectivity index (χ1) is 11.8. The quantitative estimate of drug-likeness (QED) is 0.899. The van der Waals surface area contributed by atoms with E-state index in [1.807, 2.05) is 42.3 Å². The average molecular weight is 343 g/mol. The van der Waals surface area contributed by atoms with Crippen LogP contribution in [0, 0.1) is 5.92 Å². The Hall–Kier alpha value is -2.34. The van der Waals surface area contributed by atoms with Crippen LogP contribution in [0.5, 0.6) is 0 Å². The number of nitrogens with zero attached hydrogens (tertiary/aromatic N) is 3. The van der Waals surface area contributed by atoms with E-state index in [0.29, 0.717) is 23.1 Å². The summed E-state index contributed by atoms with van der Waals surface area (Å²) in [5.74, 6) is 0.0974. The zero-order chi connectivity index (χ0) is 18.2. The molecule has 1 unspecified atom stereocenters. The van der Waals surface area contributed by atoms with Crippen molar-refractivity contribution in [3.05, 3.63) is 35.9 Å². The summed E-state index contributed by atoms with van der Waals surface area (Å²) in [6.45, 7) is 6.24. The number of hydrogen-bond donors (Lipinski definition) is 1. The van der Waals surface area contributed by atoms with Gasteiger partial charge in [0, 0.05) is 24.7 Å². The molecule has 1 atom stereocenters. The molecule has 0 radical (unpaired) electrons. The van der Waals surface area contributed by atoms with Crippen LogP contribution in [0.15, 0.2) is 34.9 Å². The molecule has 1 saturated heterocycles. The number of benzene rings is 1. The Labute approximate surface area is 148 Å². The second-order valence-corrected chi connectivity index (χ2v) is 7.32. The molecular weight excluding hydrogens is 318 g/mol. The first kappa shape index (κ1) is 17.5. The molecule has 1 aromatic heterocycles. The van der Waals surface area contributed by atoms with Crippen LogP contribution in [-0.4, -0.2) is 53.9 Å². The minimum atomic E-state index is -1.02. The summed E-state index contributed by atoms with van der Waals surface area (Å²) in [5, 5.41) is 13.8. The van der Waals surface area contributed by atoms with E-state index in [-0.39, 0.29) is 11.1 Å². The topological polar surface area (TPSA) is 69.8 Å². The van der Waals surface area contributed by atoms with Gasteiger partial charge in [0.15, 0.2) is 17.1 Å². The maximum absolute atomic E-state index is 11.9. The highest BCUT2D eigenvalue weighted by atomic mass is 16.5. The standard InChI is InChI=1S/C19H25N3O3/c1-19(2)14(10-11-22(19)4)12-21(3)17-15(18(23)24)16(25-20-17)13-8-6-5-7-9-13/h5-9,14H,10-12H2,1-4H3,(H,23,24). The number of aromatic carboxylic acids is 1. The van der Waals surface area contributed by atoms with Crippen molar-refractivity contribution >= 4 is 11.8 Å². The van der Waals surface area contributed by atoms with Crippen molar-refractivity contribution in [1.29, 1.82) is 0 Å². The summed E-state index contributed by atoms with van der Waals surface area (Å²) in [5.41, 5.74) is 0.912. The van der Waals surface area contributed by atoms with Crippen molar-refractivity contribution in [2.45, 2.75) is 25.8 Å². The van der Waals surface area contributed by atoms with Crippen LogP contribution >= 0.6 is 0 Å². The van der Waals surface area contributed by atoms with Crippen molar-refractivity contribution in [3.63, 3.8) is 0 Å². The Balaban J connectivity index is 1.90. The number of hydrogen-bond acceptors (Lipinski definition) is 5. The molecule has 25 heavy (non-hydrogen) atoms. The van der Waals surface area contributed by atoms with Crippen LogP contribution in [0.2, 0.25) is 0 Å². The normalized spacial score (nSPS) is 19.9. The highest BCUT2D eigenvalue weighted by Crippen LogP contribution is 2.36. The molecule has 0 amide bonds. The van der Waals surface area contributed by atoms with Gasteiger partial charge >= 0.3 is 5.97 Å². The van der Waals surface area contributed by atoms with Gasteiger partial charge in [0.1, 0.15) is 0 Å². The van der Waals surface area contributed by atoms with Crippen molar-refractivity contribution < 1.29 is 14.4 Å². The van der Waals surface area contributed by atoms with Gasteiger partial charge < -0.3 is 19.4 Å². The van der Waals surface area contributed by atoms with E-state index in [1.165, 1.54) is 0 Å². The van der Waals surface area contributed by atoms with E-state index in [4.69, 9.17) is 4.52 Å². The second kappa shape index (κ2) is 6.52. The molecule has 0 spiro atoms. The third-order valence-corrected chi connectivity index (χ3v) is 5.58. The third kappa shape index (κ3) is 3.14. The fraction of sp³-hybridized carbons (Fsp3) is 0.474. The molecule has 2 heterocycles. The summed E-state index contributed by atoms with van der Waals surface area (Å²) >= 11 is 0. The summed E-state index contributed by atoms with van der Waals surface area (Å²) in [7, 11) is 4.01. The predicted molar refractivity (Wildman–Crippen MR) is 97.0 cm³/mol. The summed E-state index contributed by atoms with van der Waals surface area (Å²) in [6, 6.07) is 9.23. The lowest BCUT2D eigenvalue weighted by atomic mass is 9.88. The molecule has 0 bridgehead atoms. The Morgan fingerprint density at radius 3 is 2.64 bits per heavy atom. The fourth-order valence-electron chi connectivity index (χ4n) is 3.56. The van der Waals surface area contributed by atoms with Crippen LogP contribution in [0.3, 0.4) is 0 Å². The largest absolute Gasteiger partial charge is 0.477 e. The third-order valence-electron chi connectivity index (χ3n) is 5.58. The summed E-state index contributed by atoms with van der Waals surface area (Å²) in [6.07, 6.45) is 1.08. The van der Waals surface area contributed by atoms with Crippen LogP contribution in [0.25, 0.3) is 11.3 Å². The lowest BCUT2D eigenvalue weighted by Crippen LogP contribution is -2.44. The molecule has 3 rings (SSSR count). The van der Waals surface area contributed by atoms with E-state index in [2.05, 4.69) is 31.0 Å². The number of anilines is 1. The number of carboxylic acids is 1. The van der Waals surface area contributed by atoms with E-state index >= 15 is 0 Å². The van der Waals surface area contributed by atoms with E-state index in [0.717, 1.165) is 19.5 Å². The number of rotatable bonds is 5. The molecule has 2 aromatic rings. The molecule has 1 N–H and O–H groups in total. The average Bonchev–Trinajstić information content (AvgIpc) is 3.13. The number of aromatic nitrogens is 1. The lowest BCUT2D eigenvalue weighted by Gasteiger charge is -2.35. The Morgan fingerprint density at radius 1 is 1.40 bits per heavy atom. The van der Waals surface area contributed by atoms with Gasteiger partial charge in [-0.25, -0.2) is 4.79 Å². The minimum Gasteiger partial charge on any atom is -0.477 e. The van der Waals surface area contributed by atoms with Gasteiger partial charge in [-0.1, -0.05) is 35.5 Å². The van der Waals surface area contributed by atoms with Crippen molar-refractivity contribution in [1.82, 2.24) is 10.1 Å². The Morgan fingerprint density at radius 2 is 2.08 bits per heavy atom. The Kier molecular flexibility index (Phi) is 4.56. The van der Waals surface area contributed by atoms with Gasteiger partial charge in [-0.2, -0.15) is 0 Å². The maximum Gasteiger partial charge on any atom is 0.343 e. The molecule has 1 aromatic carbocycles. The molecule has 1 aliphatic rings. The van der Waals surface area contributed by atoms with Crippen LogP contribution in [-0.2, 0) is 0 Å². The van der Waals surface area contributed by atoms with Crippen molar-refractivity contribution in [2.75, 3.05) is 32.1 Å². The van der Waals surface area contributed by atoms with E-state index in [1.54, 1.807) is 0 Å². The van der Waals surface area contributed by atoms with Gasteiger partial charge in [0.05, 0.1) is 0 Å². The number of carbonyl (C=O) groups is 1. The molecular formula is C19H25N3O3. The summed E-state index contributed by atoms with van der Waals surface area (Å²) < 4.78 is 5.42.